The van der Waals surface area contributed by atoms with E-state index in [9.17, 15) is 4.79 Å². The van der Waals surface area contributed by atoms with Gasteiger partial charge in [0.25, 0.3) is 0 Å². The minimum absolute atomic E-state index is 0.00485. The zero-order chi connectivity index (χ0) is 19.5. The molecule has 0 saturated carbocycles. The van der Waals surface area contributed by atoms with Gasteiger partial charge in [0, 0.05) is 24.2 Å². The molecule has 0 aliphatic heterocycles. The van der Waals surface area contributed by atoms with Crippen molar-refractivity contribution in [2.75, 3.05) is 11.9 Å². The number of hydrogen-bond acceptors (Lipinski definition) is 2. The van der Waals surface area contributed by atoms with Crippen molar-refractivity contribution < 1.29 is 4.79 Å². The maximum absolute atomic E-state index is 13.0. The number of carbonyl (C=O) groups is 1. The molecule has 5 heteroatoms. The molecule has 0 N–H and O–H groups in total. The van der Waals surface area contributed by atoms with Crippen molar-refractivity contribution in [2.24, 2.45) is 0 Å². The Morgan fingerprint density at radius 3 is 2.43 bits per heavy atom. The van der Waals surface area contributed by atoms with Gasteiger partial charge in [0.05, 0.1) is 11.0 Å². The number of carbonyl (C=O) groups excluding carboxylic acids is 1. The van der Waals surface area contributed by atoms with Crippen LogP contribution in [-0.2, 0) is 17.8 Å². The van der Waals surface area contributed by atoms with Gasteiger partial charge in [0.1, 0.15) is 12.4 Å². The summed E-state index contributed by atoms with van der Waals surface area (Å²) in [5.41, 5.74) is 3.67. The molecule has 0 unspecified atom stereocenters. The van der Waals surface area contributed by atoms with Crippen molar-refractivity contribution >= 4 is 34.2 Å². The highest BCUT2D eigenvalue weighted by Crippen LogP contribution is 2.23. The van der Waals surface area contributed by atoms with Crippen LogP contribution in [-0.4, -0.2) is 22.5 Å². The van der Waals surface area contributed by atoms with Gasteiger partial charge in [-0.25, -0.2) is 4.98 Å². The molecule has 4 nitrogen and oxygen atoms in total. The largest absolute Gasteiger partial charge is 0.318 e. The highest BCUT2D eigenvalue weighted by atomic mass is 35.5. The molecule has 4 aromatic rings. The van der Waals surface area contributed by atoms with E-state index in [0.29, 0.717) is 11.4 Å². The molecule has 140 valence electrons. The van der Waals surface area contributed by atoms with Crippen molar-refractivity contribution in [2.45, 2.75) is 13.0 Å². The zero-order valence-corrected chi connectivity index (χ0v) is 16.3. The summed E-state index contributed by atoms with van der Waals surface area (Å²) >= 11 is 6.35. The molecule has 0 bridgehead atoms. The Labute approximate surface area is 169 Å². The number of aromatic nitrogens is 2. The molecule has 0 spiro atoms. The molecule has 0 aliphatic carbocycles. The number of nitrogens with zero attached hydrogens (tertiary/aromatic N) is 3. The van der Waals surface area contributed by atoms with Crippen LogP contribution < -0.4 is 4.90 Å². The van der Waals surface area contributed by atoms with Gasteiger partial charge in [-0.1, -0.05) is 60.1 Å². The molecule has 1 aromatic heterocycles. The van der Waals surface area contributed by atoms with Gasteiger partial charge in [0.15, 0.2) is 0 Å². The van der Waals surface area contributed by atoms with Crippen LogP contribution >= 0.6 is 11.6 Å². The summed E-state index contributed by atoms with van der Waals surface area (Å²) < 4.78 is 1.99. The highest BCUT2D eigenvalue weighted by Gasteiger charge is 2.17. The fourth-order valence-electron chi connectivity index (χ4n) is 3.29. The Hall–Kier alpha value is -3.11. The first kappa shape index (κ1) is 18.3. The summed E-state index contributed by atoms with van der Waals surface area (Å²) in [5, 5.41) is 0.703. The van der Waals surface area contributed by atoms with E-state index < -0.39 is 0 Å². The second-order valence-electron chi connectivity index (χ2n) is 6.66. The Morgan fingerprint density at radius 2 is 1.64 bits per heavy atom. The maximum atomic E-state index is 13.0. The summed E-state index contributed by atoms with van der Waals surface area (Å²) in [6.45, 7) is 0.214. The predicted octanol–water partition coefficient (Wildman–Crippen LogP) is 4.94. The lowest BCUT2D eigenvalue weighted by Gasteiger charge is -2.19. The molecule has 1 heterocycles. The molecule has 0 aliphatic rings. The monoisotopic (exact) mass is 389 g/mol. The Morgan fingerprint density at radius 1 is 0.964 bits per heavy atom. The standard InChI is InChI=1S/C23H20ClN3O/c1-26(18-10-3-2-4-11-18)23(28)16-27-21-14-8-7-13-20(21)25-22(27)15-17-9-5-6-12-19(17)24/h2-14H,15-16H2,1H3. The fraction of sp³-hybridized carbons (Fsp3) is 0.130. The number of benzene rings is 3. The first-order valence-electron chi connectivity index (χ1n) is 9.12. The van der Waals surface area contributed by atoms with E-state index >= 15 is 0 Å². The summed E-state index contributed by atoms with van der Waals surface area (Å²) in [4.78, 5) is 19.4. The van der Waals surface area contributed by atoms with Crippen LogP contribution in [0.3, 0.4) is 0 Å². The summed E-state index contributed by atoms with van der Waals surface area (Å²) in [7, 11) is 1.80. The predicted molar refractivity (Wildman–Crippen MR) is 114 cm³/mol. The van der Waals surface area contributed by atoms with E-state index in [1.807, 2.05) is 83.4 Å². The maximum Gasteiger partial charge on any atom is 0.246 e. The number of likely N-dealkylation sites (N-methyl/N-ethyl adjacent to an activating group) is 1. The summed E-state index contributed by atoms with van der Waals surface area (Å²) in [6, 6.07) is 25.3. The lowest BCUT2D eigenvalue weighted by atomic mass is 10.1. The topological polar surface area (TPSA) is 38.1 Å². The molecular weight excluding hydrogens is 370 g/mol. The van der Waals surface area contributed by atoms with E-state index in [1.54, 1.807) is 11.9 Å². The zero-order valence-electron chi connectivity index (χ0n) is 15.5. The lowest BCUT2D eigenvalue weighted by molar-refractivity contribution is -0.118. The van der Waals surface area contributed by atoms with Crippen molar-refractivity contribution in [1.29, 1.82) is 0 Å². The average Bonchev–Trinajstić information content (AvgIpc) is 3.07. The van der Waals surface area contributed by atoms with Crippen LogP contribution in [0.15, 0.2) is 78.9 Å². The third-order valence-corrected chi connectivity index (χ3v) is 5.22. The van der Waals surface area contributed by atoms with Gasteiger partial charge in [0.2, 0.25) is 5.91 Å². The first-order chi connectivity index (χ1) is 13.6. The van der Waals surface area contributed by atoms with Crippen LogP contribution in [0.5, 0.6) is 0 Å². The number of amides is 1. The number of fused-ring (bicyclic) bond motifs is 1. The Kier molecular flexibility index (Phi) is 5.13. The van der Waals surface area contributed by atoms with Crippen LogP contribution in [0.1, 0.15) is 11.4 Å². The number of rotatable bonds is 5. The number of para-hydroxylation sites is 3. The minimum Gasteiger partial charge on any atom is -0.318 e. The Bertz CT molecular complexity index is 1120. The smallest absolute Gasteiger partial charge is 0.246 e. The van der Waals surface area contributed by atoms with E-state index in [4.69, 9.17) is 16.6 Å². The van der Waals surface area contributed by atoms with E-state index in [2.05, 4.69) is 0 Å². The number of imidazole rings is 1. The molecule has 1 amide bonds. The summed E-state index contributed by atoms with van der Waals surface area (Å²) in [5.74, 6) is 0.818. The molecule has 0 fully saturated rings. The molecule has 4 rings (SSSR count). The lowest BCUT2D eigenvalue weighted by Crippen LogP contribution is -2.30. The van der Waals surface area contributed by atoms with Gasteiger partial charge in [-0.3, -0.25) is 4.79 Å². The first-order valence-corrected chi connectivity index (χ1v) is 9.50. The van der Waals surface area contributed by atoms with Crippen LogP contribution in [0.25, 0.3) is 11.0 Å². The second kappa shape index (κ2) is 7.87. The van der Waals surface area contributed by atoms with Gasteiger partial charge >= 0.3 is 0 Å². The van der Waals surface area contributed by atoms with Crippen molar-refractivity contribution in [3.8, 4) is 0 Å². The SMILES string of the molecule is CN(C(=O)Cn1c(Cc2ccccc2Cl)nc2ccccc21)c1ccccc1. The van der Waals surface area contributed by atoms with Crippen molar-refractivity contribution in [1.82, 2.24) is 9.55 Å². The van der Waals surface area contributed by atoms with E-state index in [1.165, 1.54) is 0 Å². The van der Waals surface area contributed by atoms with Gasteiger partial charge < -0.3 is 9.47 Å². The molecule has 3 aromatic carbocycles. The van der Waals surface area contributed by atoms with Gasteiger partial charge in [-0.05, 0) is 35.9 Å². The van der Waals surface area contributed by atoms with E-state index in [0.717, 1.165) is 28.1 Å². The molecular formula is C23H20ClN3O. The van der Waals surface area contributed by atoms with Crippen LogP contribution in [0, 0.1) is 0 Å². The molecule has 28 heavy (non-hydrogen) atoms. The van der Waals surface area contributed by atoms with Gasteiger partial charge in [-0.2, -0.15) is 0 Å². The molecule has 0 saturated heterocycles. The van der Waals surface area contributed by atoms with Crippen molar-refractivity contribution in [3.63, 3.8) is 0 Å². The van der Waals surface area contributed by atoms with Crippen LogP contribution in [0.2, 0.25) is 5.02 Å². The number of halogens is 1. The minimum atomic E-state index is -0.00485. The average molecular weight is 390 g/mol. The molecule has 0 atom stereocenters. The number of hydrogen-bond donors (Lipinski definition) is 0. The number of anilines is 1. The molecule has 0 radical (unpaired) electrons. The van der Waals surface area contributed by atoms with Crippen LogP contribution in [0.4, 0.5) is 5.69 Å². The second-order valence-corrected chi connectivity index (χ2v) is 7.07. The fourth-order valence-corrected chi connectivity index (χ4v) is 3.49. The normalized spacial score (nSPS) is 10.9. The third kappa shape index (κ3) is 3.64. The highest BCUT2D eigenvalue weighted by molar-refractivity contribution is 6.31. The van der Waals surface area contributed by atoms with Crippen molar-refractivity contribution in [3.05, 3.63) is 95.3 Å². The van der Waals surface area contributed by atoms with E-state index in [-0.39, 0.29) is 12.5 Å². The summed E-state index contributed by atoms with van der Waals surface area (Å²) in [6.07, 6.45) is 0.566. The third-order valence-electron chi connectivity index (χ3n) is 4.85. The quantitative estimate of drug-likeness (QED) is 0.484. The Balaban J connectivity index is 1.69. The van der Waals surface area contributed by atoms with Gasteiger partial charge in [-0.15, -0.1) is 0 Å².